The molecule has 1 saturated heterocycles. The normalized spacial score (nSPS) is 31.5. The lowest BCUT2D eigenvalue weighted by molar-refractivity contribution is 0.0262. The van der Waals surface area contributed by atoms with E-state index in [1.807, 2.05) is 0 Å². The van der Waals surface area contributed by atoms with Crippen molar-refractivity contribution in [3.8, 4) is 0 Å². The zero-order chi connectivity index (χ0) is 11.4. The van der Waals surface area contributed by atoms with Crippen LogP contribution in [0.15, 0.2) is 0 Å². The zero-order valence-corrected chi connectivity index (χ0v) is 10.7. The minimum Gasteiger partial charge on any atom is -0.392 e. The molecule has 2 unspecified atom stereocenters. The molecular weight excluding hydrogens is 198 g/mol. The fourth-order valence-electron chi connectivity index (χ4n) is 3.34. The van der Waals surface area contributed by atoms with Crippen LogP contribution in [0.2, 0.25) is 0 Å². The number of likely N-dealkylation sites (tertiary alicyclic amines) is 1. The third-order valence-electron chi connectivity index (χ3n) is 4.56. The molecule has 94 valence electrons. The second-order valence-corrected chi connectivity index (χ2v) is 5.81. The van der Waals surface area contributed by atoms with Gasteiger partial charge in [-0.15, -0.1) is 0 Å². The lowest BCUT2D eigenvalue weighted by Crippen LogP contribution is -2.44. The summed E-state index contributed by atoms with van der Waals surface area (Å²) in [4.78, 5) is 2.50. The summed E-state index contributed by atoms with van der Waals surface area (Å²) >= 11 is 0. The Kier molecular flexibility index (Phi) is 4.66. The number of β-amino-alcohol motifs (C(OH)–C–C–N with tert-alkyl or cyclic N) is 1. The molecule has 1 heterocycles. The van der Waals surface area contributed by atoms with Crippen molar-refractivity contribution in [3.05, 3.63) is 0 Å². The highest BCUT2D eigenvalue weighted by atomic mass is 16.3. The third-order valence-corrected chi connectivity index (χ3v) is 4.56. The van der Waals surface area contributed by atoms with E-state index in [0.29, 0.717) is 12.0 Å². The summed E-state index contributed by atoms with van der Waals surface area (Å²) in [6, 6.07) is 0.687. The van der Waals surface area contributed by atoms with E-state index < -0.39 is 0 Å². The van der Waals surface area contributed by atoms with E-state index in [1.165, 1.54) is 57.9 Å². The van der Waals surface area contributed by atoms with Crippen LogP contribution in [-0.4, -0.2) is 35.2 Å². The van der Waals surface area contributed by atoms with Gasteiger partial charge in [0.25, 0.3) is 0 Å². The number of aliphatic hydroxyl groups excluding tert-OH is 1. The van der Waals surface area contributed by atoms with Crippen LogP contribution in [0.5, 0.6) is 0 Å². The Morgan fingerprint density at radius 1 is 1.06 bits per heavy atom. The van der Waals surface area contributed by atoms with Gasteiger partial charge in [-0.1, -0.05) is 25.7 Å². The molecule has 0 radical (unpaired) electrons. The molecule has 2 nitrogen and oxygen atoms in total. The monoisotopic (exact) mass is 225 g/mol. The largest absolute Gasteiger partial charge is 0.392 e. The van der Waals surface area contributed by atoms with Crippen LogP contribution in [0.1, 0.15) is 58.3 Å². The molecule has 0 aromatic carbocycles. The molecule has 0 spiro atoms. The third kappa shape index (κ3) is 3.21. The van der Waals surface area contributed by atoms with Gasteiger partial charge in [0.1, 0.15) is 0 Å². The van der Waals surface area contributed by atoms with E-state index in [-0.39, 0.29) is 6.10 Å². The van der Waals surface area contributed by atoms with E-state index in [1.54, 1.807) is 0 Å². The maximum Gasteiger partial charge on any atom is 0.0695 e. The first-order valence-corrected chi connectivity index (χ1v) is 7.19. The maximum atomic E-state index is 10.3. The summed E-state index contributed by atoms with van der Waals surface area (Å²) in [7, 11) is 0. The number of hydrogen-bond acceptors (Lipinski definition) is 2. The van der Waals surface area contributed by atoms with Crippen molar-refractivity contribution in [3.63, 3.8) is 0 Å². The van der Waals surface area contributed by atoms with Crippen LogP contribution in [0.3, 0.4) is 0 Å². The van der Waals surface area contributed by atoms with Crippen molar-refractivity contribution < 1.29 is 5.11 Å². The van der Waals surface area contributed by atoms with Gasteiger partial charge in [-0.05, 0) is 45.1 Å². The number of hydrogen-bond donors (Lipinski definition) is 1. The molecule has 0 bridgehead atoms. The Balaban J connectivity index is 1.78. The van der Waals surface area contributed by atoms with Crippen molar-refractivity contribution in [1.82, 2.24) is 4.90 Å². The van der Waals surface area contributed by atoms with Crippen LogP contribution in [0.25, 0.3) is 0 Å². The van der Waals surface area contributed by atoms with Gasteiger partial charge in [-0.25, -0.2) is 0 Å². The Bertz CT molecular complexity index is 201. The lowest BCUT2D eigenvalue weighted by Gasteiger charge is -2.37. The molecule has 0 aromatic rings. The van der Waals surface area contributed by atoms with Crippen molar-refractivity contribution in [1.29, 1.82) is 0 Å². The maximum absolute atomic E-state index is 10.3. The number of piperidine rings is 1. The van der Waals surface area contributed by atoms with Gasteiger partial charge in [0.2, 0.25) is 0 Å². The smallest absolute Gasteiger partial charge is 0.0695 e. The molecule has 2 rings (SSSR count). The minimum atomic E-state index is -0.0687. The molecule has 0 amide bonds. The predicted octanol–water partition coefficient (Wildman–Crippen LogP) is 2.80. The van der Waals surface area contributed by atoms with Crippen molar-refractivity contribution in [2.24, 2.45) is 5.92 Å². The first kappa shape index (κ1) is 12.4. The summed E-state index contributed by atoms with van der Waals surface area (Å²) in [5, 5.41) is 10.3. The molecule has 0 aromatic heterocycles. The average Bonchev–Trinajstić information content (AvgIpc) is 2.33. The Hall–Kier alpha value is -0.0800. The molecule has 2 fully saturated rings. The Morgan fingerprint density at radius 3 is 2.44 bits per heavy atom. The van der Waals surface area contributed by atoms with Crippen LogP contribution >= 0.6 is 0 Å². The Labute approximate surface area is 100 Å². The highest BCUT2D eigenvalue weighted by Gasteiger charge is 2.26. The van der Waals surface area contributed by atoms with Gasteiger partial charge < -0.3 is 5.11 Å². The van der Waals surface area contributed by atoms with Gasteiger partial charge >= 0.3 is 0 Å². The number of rotatable bonds is 3. The quantitative estimate of drug-likeness (QED) is 0.798. The highest BCUT2D eigenvalue weighted by molar-refractivity contribution is 4.80. The standard InChI is InChI=1S/C14H27NO/c1-12-7-5-6-10-15(12)11-14(16)13-8-3-2-4-9-13/h12-14,16H,2-11H2,1H3. The lowest BCUT2D eigenvalue weighted by atomic mass is 9.85. The average molecular weight is 225 g/mol. The van der Waals surface area contributed by atoms with Crippen LogP contribution < -0.4 is 0 Å². The predicted molar refractivity (Wildman–Crippen MR) is 67.5 cm³/mol. The molecule has 1 aliphatic heterocycles. The minimum absolute atomic E-state index is 0.0687. The van der Waals surface area contributed by atoms with Crippen molar-refractivity contribution in [2.45, 2.75) is 70.4 Å². The van der Waals surface area contributed by atoms with Gasteiger partial charge in [-0.3, -0.25) is 4.90 Å². The molecular formula is C14H27NO. The van der Waals surface area contributed by atoms with Crippen LogP contribution in [0, 0.1) is 5.92 Å². The first-order valence-electron chi connectivity index (χ1n) is 7.19. The molecule has 2 heteroatoms. The van der Waals surface area contributed by atoms with Crippen molar-refractivity contribution in [2.75, 3.05) is 13.1 Å². The molecule has 2 aliphatic rings. The van der Waals surface area contributed by atoms with Gasteiger partial charge in [-0.2, -0.15) is 0 Å². The fourth-order valence-corrected chi connectivity index (χ4v) is 3.34. The summed E-state index contributed by atoms with van der Waals surface area (Å²) in [5.74, 6) is 0.586. The van der Waals surface area contributed by atoms with Gasteiger partial charge in [0, 0.05) is 12.6 Å². The van der Waals surface area contributed by atoms with Crippen LogP contribution in [0.4, 0.5) is 0 Å². The second-order valence-electron chi connectivity index (χ2n) is 5.81. The summed E-state index contributed by atoms with van der Waals surface area (Å²) in [5.41, 5.74) is 0. The van der Waals surface area contributed by atoms with E-state index in [0.717, 1.165) is 6.54 Å². The Morgan fingerprint density at radius 2 is 1.75 bits per heavy atom. The molecule has 1 aliphatic carbocycles. The fraction of sp³-hybridized carbons (Fsp3) is 1.00. The molecule has 2 atom stereocenters. The van der Waals surface area contributed by atoms with E-state index in [2.05, 4.69) is 11.8 Å². The number of aliphatic hydroxyl groups is 1. The molecule has 16 heavy (non-hydrogen) atoms. The van der Waals surface area contributed by atoms with Crippen molar-refractivity contribution >= 4 is 0 Å². The SMILES string of the molecule is CC1CCCCN1CC(O)C1CCCCC1. The van der Waals surface area contributed by atoms with E-state index in [4.69, 9.17) is 0 Å². The highest BCUT2D eigenvalue weighted by Crippen LogP contribution is 2.28. The topological polar surface area (TPSA) is 23.5 Å². The summed E-state index contributed by atoms with van der Waals surface area (Å²) in [6.45, 7) is 4.43. The van der Waals surface area contributed by atoms with Gasteiger partial charge in [0.15, 0.2) is 0 Å². The van der Waals surface area contributed by atoms with E-state index in [9.17, 15) is 5.11 Å². The van der Waals surface area contributed by atoms with Crippen LogP contribution in [-0.2, 0) is 0 Å². The second kappa shape index (κ2) is 6.02. The zero-order valence-electron chi connectivity index (χ0n) is 10.7. The van der Waals surface area contributed by atoms with E-state index >= 15 is 0 Å². The molecule has 1 N–H and O–H groups in total. The van der Waals surface area contributed by atoms with Gasteiger partial charge in [0.05, 0.1) is 6.10 Å². The molecule has 1 saturated carbocycles. The summed E-state index contributed by atoms with van der Waals surface area (Å²) in [6.07, 6.45) is 10.5. The summed E-state index contributed by atoms with van der Waals surface area (Å²) < 4.78 is 0. The number of nitrogens with zero attached hydrogens (tertiary/aromatic N) is 1. The first-order chi connectivity index (χ1) is 7.77.